The van der Waals surface area contributed by atoms with E-state index in [1.165, 1.54) is 0 Å². The first-order valence-electron chi connectivity index (χ1n) is 7.13. The Morgan fingerprint density at radius 3 is 2.95 bits per heavy atom. The van der Waals surface area contributed by atoms with Crippen molar-refractivity contribution in [3.05, 3.63) is 41.6 Å². The van der Waals surface area contributed by atoms with Crippen molar-refractivity contribution in [2.24, 2.45) is 5.73 Å². The Labute approximate surface area is 118 Å². The lowest BCUT2D eigenvalue weighted by Gasteiger charge is -2.02. The zero-order chi connectivity index (χ0) is 14.4. The Bertz CT molecular complexity index is 589. The highest BCUT2D eigenvalue weighted by molar-refractivity contribution is 5.73. The van der Waals surface area contributed by atoms with E-state index in [0.29, 0.717) is 18.3 Å². The van der Waals surface area contributed by atoms with Gasteiger partial charge in [-0.1, -0.05) is 19.4 Å². The highest BCUT2D eigenvalue weighted by Crippen LogP contribution is 2.20. The lowest BCUT2D eigenvalue weighted by atomic mass is 10.1. The fourth-order valence-corrected chi connectivity index (χ4v) is 2.11. The molecule has 4 heteroatoms. The minimum absolute atomic E-state index is 0.266. The van der Waals surface area contributed by atoms with Crippen molar-refractivity contribution >= 4 is 11.1 Å². The number of hydrogen-bond donors (Lipinski definition) is 1. The van der Waals surface area contributed by atoms with E-state index in [0.717, 1.165) is 48.2 Å². The van der Waals surface area contributed by atoms with Crippen LogP contribution in [-0.2, 0) is 12.8 Å². The van der Waals surface area contributed by atoms with Crippen LogP contribution in [0.3, 0.4) is 0 Å². The van der Waals surface area contributed by atoms with Gasteiger partial charge in [-0.3, -0.25) is 0 Å². The fourth-order valence-electron chi connectivity index (χ4n) is 2.11. The summed E-state index contributed by atoms with van der Waals surface area (Å²) in [5, 5.41) is 0. The largest absolute Gasteiger partial charge is 0.441 e. The predicted octanol–water partition coefficient (Wildman–Crippen LogP) is 3.92. The van der Waals surface area contributed by atoms with E-state index < -0.39 is 0 Å². The lowest BCUT2D eigenvalue weighted by molar-refractivity contribution is 0.517. The summed E-state index contributed by atoms with van der Waals surface area (Å²) < 4.78 is 18.2. The van der Waals surface area contributed by atoms with E-state index in [9.17, 15) is 4.39 Å². The Morgan fingerprint density at radius 2 is 2.25 bits per heavy atom. The molecule has 0 unspecified atom stereocenters. The molecule has 3 nitrogen and oxygen atoms in total. The molecule has 1 aromatic heterocycles. The van der Waals surface area contributed by atoms with Crippen LogP contribution in [0, 0.1) is 0 Å². The normalized spacial score (nSPS) is 12.2. The summed E-state index contributed by atoms with van der Waals surface area (Å²) in [5.74, 6) is 0.797. The number of nitrogens with zero attached hydrogens (tertiary/aromatic N) is 1. The van der Waals surface area contributed by atoms with Gasteiger partial charge in [-0.25, -0.2) is 9.37 Å². The molecule has 20 heavy (non-hydrogen) atoms. The lowest BCUT2D eigenvalue weighted by Crippen LogP contribution is -2.03. The van der Waals surface area contributed by atoms with Crippen molar-refractivity contribution in [2.45, 2.75) is 39.0 Å². The van der Waals surface area contributed by atoms with Crippen molar-refractivity contribution in [1.29, 1.82) is 0 Å². The number of fused-ring (bicyclic) bond motifs is 1. The molecule has 0 aliphatic carbocycles. The molecule has 1 aromatic carbocycles. The van der Waals surface area contributed by atoms with Crippen LogP contribution in [0.25, 0.3) is 11.1 Å². The third kappa shape index (κ3) is 3.67. The van der Waals surface area contributed by atoms with Gasteiger partial charge in [0, 0.05) is 13.0 Å². The topological polar surface area (TPSA) is 52.0 Å². The molecule has 0 bridgehead atoms. The number of nitrogens with two attached hydrogens (primary N) is 1. The molecule has 0 saturated carbocycles. The highest BCUT2D eigenvalue weighted by atomic mass is 19.1. The quantitative estimate of drug-likeness (QED) is 0.834. The molecule has 1 heterocycles. The van der Waals surface area contributed by atoms with E-state index in [-0.39, 0.29) is 6.54 Å². The zero-order valence-electron chi connectivity index (χ0n) is 11.9. The number of halogens is 1. The van der Waals surface area contributed by atoms with E-state index in [1.54, 1.807) is 0 Å². The van der Waals surface area contributed by atoms with Gasteiger partial charge < -0.3 is 10.2 Å². The maximum absolute atomic E-state index is 12.5. The minimum Gasteiger partial charge on any atom is -0.441 e. The predicted molar refractivity (Wildman–Crippen MR) is 79.2 cm³/mol. The van der Waals surface area contributed by atoms with Crippen LogP contribution < -0.4 is 5.73 Å². The Kier molecular flexibility index (Phi) is 5.30. The van der Waals surface area contributed by atoms with Crippen LogP contribution in [0.4, 0.5) is 4.39 Å². The van der Waals surface area contributed by atoms with Gasteiger partial charge in [0.2, 0.25) is 0 Å². The molecule has 108 valence electrons. The number of oxazole rings is 1. The molecule has 0 aliphatic heterocycles. The summed E-state index contributed by atoms with van der Waals surface area (Å²) in [5.41, 5.74) is 8.90. The standard InChI is InChI=1S/C16H21FN2O/c1-2-3-4-16-19-14-8-7-12(9-15(14)20-16)5-6-13(10-17)11-18/h7-10H,2-6,11,18H2,1H3/b13-10+. The van der Waals surface area contributed by atoms with E-state index >= 15 is 0 Å². The molecule has 0 amide bonds. The van der Waals surface area contributed by atoms with Crippen molar-refractivity contribution in [3.63, 3.8) is 0 Å². The third-order valence-electron chi connectivity index (χ3n) is 3.39. The Hall–Kier alpha value is -1.68. The van der Waals surface area contributed by atoms with Crippen LogP contribution >= 0.6 is 0 Å². The molecular formula is C16H21FN2O. The van der Waals surface area contributed by atoms with Crippen LogP contribution in [0.5, 0.6) is 0 Å². The number of aryl methyl sites for hydroxylation is 2. The summed E-state index contributed by atoms with van der Waals surface area (Å²) in [7, 11) is 0. The SMILES string of the molecule is CCCCc1nc2ccc(CC/C(=C\F)CN)cc2o1. The van der Waals surface area contributed by atoms with Gasteiger partial charge in [-0.05, 0) is 42.5 Å². The maximum atomic E-state index is 12.5. The molecule has 2 rings (SSSR count). The van der Waals surface area contributed by atoms with Crippen LogP contribution in [-0.4, -0.2) is 11.5 Å². The molecular weight excluding hydrogens is 255 g/mol. The van der Waals surface area contributed by atoms with E-state index in [4.69, 9.17) is 10.2 Å². The maximum Gasteiger partial charge on any atom is 0.195 e. The minimum atomic E-state index is 0.266. The van der Waals surface area contributed by atoms with Crippen LogP contribution in [0.2, 0.25) is 0 Å². The van der Waals surface area contributed by atoms with Crippen molar-refractivity contribution in [2.75, 3.05) is 6.54 Å². The van der Waals surface area contributed by atoms with E-state index in [2.05, 4.69) is 11.9 Å². The molecule has 0 saturated heterocycles. The Morgan fingerprint density at radius 1 is 1.40 bits per heavy atom. The Balaban J connectivity index is 2.08. The molecule has 0 radical (unpaired) electrons. The second kappa shape index (κ2) is 7.20. The summed E-state index contributed by atoms with van der Waals surface area (Å²) >= 11 is 0. The molecule has 2 aromatic rings. The summed E-state index contributed by atoms with van der Waals surface area (Å²) in [6.45, 7) is 2.41. The molecule has 0 fully saturated rings. The molecule has 0 aliphatic rings. The summed E-state index contributed by atoms with van der Waals surface area (Å²) in [6.07, 6.45) is 5.09. The first-order valence-corrected chi connectivity index (χ1v) is 7.13. The second-order valence-corrected chi connectivity index (χ2v) is 4.98. The van der Waals surface area contributed by atoms with Gasteiger partial charge in [-0.2, -0.15) is 0 Å². The van der Waals surface area contributed by atoms with Crippen molar-refractivity contribution < 1.29 is 8.81 Å². The van der Waals surface area contributed by atoms with Gasteiger partial charge in [0.25, 0.3) is 0 Å². The van der Waals surface area contributed by atoms with Crippen LogP contribution in [0.15, 0.2) is 34.5 Å². The van der Waals surface area contributed by atoms with Gasteiger partial charge in [0.05, 0.1) is 6.33 Å². The van der Waals surface area contributed by atoms with Gasteiger partial charge >= 0.3 is 0 Å². The molecule has 0 spiro atoms. The molecule has 0 atom stereocenters. The third-order valence-corrected chi connectivity index (χ3v) is 3.39. The first-order chi connectivity index (χ1) is 9.76. The second-order valence-electron chi connectivity index (χ2n) is 4.98. The number of benzene rings is 1. The summed E-state index contributed by atoms with van der Waals surface area (Å²) in [6, 6.07) is 5.97. The highest BCUT2D eigenvalue weighted by Gasteiger charge is 2.06. The first kappa shape index (κ1) is 14.7. The summed E-state index contributed by atoms with van der Waals surface area (Å²) in [4.78, 5) is 4.46. The van der Waals surface area contributed by atoms with Crippen LogP contribution in [0.1, 0.15) is 37.6 Å². The fraction of sp³-hybridized carbons (Fsp3) is 0.438. The number of aromatic nitrogens is 1. The molecule has 2 N–H and O–H groups in total. The van der Waals surface area contributed by atoms with Gasteiger partial charge in [-0.15, -0.1) is 0 Å². The average molecular weight is 276 g/mol. The monoisotopic (exact) mass is 276 g/mol. The van der Waals surface area contributed by atoms with E-state index in [1.807, 2.05) is 18.2 Å². The smallest absolute Gasteiger partial charge is 0.195 e. The van der Waals surface area contributed by atoms with Gasteiger partial charge in [0.15, 0.2) is 11.5 Å². The van der Waals surface area contributed by atoms with Crippen molar-refractivity contribution in [1.82, 2.24) is 4.98 Å². The number of rotatable bonds is 7. The zero-order valence-corrected chi connectivity index (χ0v) is 11.9. The van der Waals surface area contributed by atoms with Gasteiger partial charge in [0.1, 0.15) is 5.52 Å². The number of hydrogen-bond acceptors (Lipinski definition) is 3. The average Bonchev–Trinajstić information content (AvgIpc) is 2.88. The number of unbranched alkanes of at least 4 members (excludes halogenated alkanes) is 1. The van der Waals surface area contributed by atoms with Crippen molar-refractivity contribution in [3.8, 4) is 0 Å².